The summed E-state index contributed by atoms with van der Waals surface area (Å²) in [6.45, 7) is 0. The van der Waals surface area contributed by atoms with Gasteiger partial charge in [-0.25, -0.2) is 0 Å². The fraction of sp³-hybridized carbons (Fsp3) is 0.115. The smallest absolute Gasteiger partial charge is 0.143 e. The molecule has 0 radical (unpaired) electrons. The van der Waals surface area contributed by atoms with Crippen molar-refractivity contribution in [2.75, 3.05) is 4.90 Å². The van der Waals surface area contributed by atoms with E-state index < -0.39 is 0 Å². The molecule has 8 aromatic carbocycles. The highest BCUT2D eigenvalue weighted by molar-refractivity contribution is 6.10. The van der Waals surface area contributed by atoms with Gasteiger partial charge in [0.05, 0.1) is 11.4 Å². The Balaban J connectivity index is 1.17. The van der Waals surface area contributed by atoms with Gasteiger partial charge in [-0.05, 0) is 82.1 Å². The fourth-order valence-corrected chi connectivity index (χ4v) is 8.95. The maximum atomic E-state index is 6.46. The van der Waals surface area contributed by atoms with Crippen LogP contribution >= 0.6 is 0 Å². The molecule has 0 unspecified atom stereocenters. The first-order chi connectivity index (χ1) is 26.8. The zero-order chi connectivity index (χ0) is 35.8. The molecule has 54 heavy (non-hydrogen) atoms. The van der Waals surface area contributed by atoms with Gasteiger partial charge in [0.25, 0.3) is 0 Å². The second-order valence-electron chi connectivity index (χ2n) is 14.6. The van der Waals surface area contributed by atoms with Crippen LogP contribution in [-0.2, 0) is 0 Å². The molecular weight excluding hydrogens is 655 g/mol. The number of benzene rings is 8. The molecule has 2 heteroatoms. The summed E-state index contributed by atoms with van der Waals surface area (Å²) in [7, 11) is 0. The highest BCUT2D eigenvalue weighted by Crippen LogP contribution is 2.48. The van der Waals surface area contributed by atoms with Crippen molar-refractivity contribution in [3.63, 3.8) is 0 Å². The van der Waals surface area contributed by atoms with Crippen molar-refractivity contribution in [1.82, 2.24) is 0 Å². The van der Waals surface area contributed by atoms with Gasteiger partial charge in [0, 0.05) is 33.2 Å². The number of furan rings is 1. The number of para-hydroxylation sites is 4. The maximum absolute atomic E-state index is 6.46. The third kappa shape index (κ3) is 5.67. The minimum absolute atomic E-state index is 0.592. The van der Waals surface area contributed by atoms with Gasteiger partial charge in [0.2, 0.25) is 0 Å². The van der Waals surface area contributed by atoms with Gasteiger partial charge in [-0.3, -0.25) is 0 Å². The number of nitrogens with zero attached hydrogens (tertiary/aromatic N) is 1. The van der Waals surface area contributed by atoms with E-state index in [1.807, 2.05) is 6.07 Å². The Morgan fingerprint density at radius 1 is 0.426 bits per heavy atom. The van der Waals surface area contributed by atoms with Gasteiger partial charge in [-0.1, -0.05) is 171 Å². The summed E-state index contributed by atoms with van der Waals surface area (Å²) < 4.78 is 6.46. The molecule has 1 fully saturated rings. The van der Waals surface area contributed by atoms with Crippen molar-refractivity contribution >= 4 is 49.8 Å². The lowest BCUT2D eigenvalue weighted by molar-refractivity contribution is 0.445. The van der Waals surface area contributed by atoms with Gasteiger partial charge in [0.1, 0.15) is 11.2 Å². The second-order valence-corrected chi connectivity index (χ2v) is 14.6. The Morgan fingerprint density at radius 3 is 1.83 bits per heavy atom. The third-order valence-corrected chi connectivity index (χ3v) is 11.5. The van der Waals surface area contributed by atoms with E-state index >= 15 is 0 Å². The first-order valence-electron chi connectivity index (χ1n) is 19.4. The Hall–Kier alpha value is -6.38. The predicted octanol–water partition coefficient (Wildman–Crippen LogP) is 15.3. The molecule has 1 aliphatic rings. The predicted molar refractivity (Wildman–Crippen MR) is 228 cm³/mol. The van der Waals surface area contributed by atoms with E-state index in [4.69, 9.17) is 4.42 Å². The Labute approximate surface area is 316 Å². The molecule has 260 valence electrons. The van der Waals surface area contributed by atoms with E-state index in [-0.39, 0.29) is 0 Å². The lowest BCUT2D eigenvalue weighted by Crippen LogP contribution is -2.12. The van der Waals surface area contributed by atoms with Gasteiger partial charge in [-0.15, -0.1) is 0 Å². The van der Waals surface area contributed by atoms with Crippen LogP contribution in [-0.4, -0.2) is 0 Å². The fourth-order valence-electron chi connectivity index (χ4n) is 8.95. The average molecular weight is 696 g/mol. The summed E-state index contributed by atoms with van der Waals surface area (Å²) in [6, 6.07) is 66.2. The monoisotopic (exact) mass is 695 g/mol. The van der Waals surface area contributed by atoms with Crippen LogP contribution < -0.4 is 4.90 Å². The van der Waals surface area contributed by atoms with Crippen LogP contribution in [0.15, 0.2) is 186 Å². The van der Waals surface area contributed by atoms with Crippen LogP contribution in [0, 0.1) is 0 Å². The van der Waals surface area contributed by atoms with Crippen LogP contribution in [0.25, 0.3) is 66.1 Å². The summed E-state index contributed by atoms with van der Waals surface area (Å²) in [5.74, 6) is 0.592. The number of rotatable bonds is 7. The summed E-state index contributed by atoms with van der Waals surface area (Å²) in [5.41, 5.74) is 13.8. The number of anilines is 3. The van der Waals surface area contributed by atoms with Crippen molar-refractivity contribution in [2.24, 2.45) is 0 Å². The normalized spacial score (nSPS) is 13.5. The zero-order valence-electron chi connectivity index (χ0n) is 30.3. The number of hydrogen-bond acceptors (Lipinski definition) is 2. The molecule has 1 saturated carbocycles. The Bertz CT molecular complexity index is 2750. The van der Waals surface area contributed by atoms with Gasteiger partial charge in [-0.2, -0.15) is 0 Å². The molecule has 0 N–H and O–H groups in total. The molecule has 0 amide bonds. The third-order valence-electron chi connectivity index (χ3n) is 11.5. The van der Waals surface area contributed by atoms with Crippen LogP contribution in [0.2, 0.25) is 0 Å². The molecule has 0 aliphatic heterocycles. The van der Waals surface area contributed by atoms with E-state index in [9.17, 15) is 0 Å². The van der Waals surface area contributed by atoms with Crippen molar-refractivity contribution in [3.8, 4) is 33.4 Å². The summed E-state index contributed by atoms with van der Waals surface area (Å²) >= 11 is 0. The van der Waals surface area contributed by atoms with Crippen molar-refractivity contribution in [3.05, 3.63) is 188 Å². The maximum Gasteiger partial charge on any atom is 0.143 e. The number of hydrogen-bond donors (Lipinski definition) is 0. The van der Waals surface area contributed by atoms with Crippen molar-refractivity contribution < 1.29 is 4.42 Å². The summed E-state index contributed by atoms with van der Waals surface area (Å²) in [4.78, 5) is 2.46. The van der Waals surface area contributed by atoms with Crippen LogP contribution in [0.1, 0.15) is 43.6 Å². The van der Waals surface area contributed by atoms with Gasteiger partial charge >= 0.3 is 0 Å². The molecule has 0 atom stereocenters. The summed E-state index contributed by atoms with van der Waals surface area (Å²) in [6.07, 6.45) is 6.49. The van der Waals surface area contributed by atoms with Crippen LogP contribution in [0.4, 0.5) is 17.1 Å². The Kier molecular flexibility index (Phi) is 8.30. The van der Waals surface area contributed by atoms with E-state index in [2.05, 4.69) is 181 Å². The average Bonchev–Trinajstić information content (AvgIpc) is 3.64. The van der Waals surface area contributed by atoms with E-state index in [1.54, 1.807) is 0 Å². The van der Waals surface area contributed by atoms with E-state index in [0.29, 0.717) is 5.92 Å². The molecule has 0 spiro atoms. The molecule has 1 aromatic heterocycles. The minimum Gasteiger partial charge on any atom is -0.455 e. The topological polar surface area (TPSA) is 16.4 Å². The molecule has 0 saturated heterocycles. The quantitative estimate of drug-likeness (QED) is 0.165. The first kappa shape index (κ1) is 32.3. The highest BCUT2D eigenvalue weighted by atomic mass is 16.3. The number of fused-ring (bicyclic) bond motifs is 4. The lowest BCUT2D eigenvalue weighted by atomic mass is 9.80. The van der Waals surface area contributed by atoms with Crippen molar-refractivity contribution in [1.29, 1.82) is 0 Å². The van der Waals surface area contributed by atoms with E-state index in [0.717, 1.165) is 50.1 Å². The summed E-state index contributed by atoms with van der Waals surface area (Å²) in [5, 5.41) is 4.99. The molecule has 2 nitrogen and oxygen atoms in total. The molecule has 0 bridgehead atoms. The van der Waals surface area contributed by atoms with Crippen molar-refractivity contribution in [2.45, 2.75) is 38.0 Å². The Morgan fingerprint density at radius 2 is 1.02 bits per heavy atom. The van der Waals surface area contributed by atoms with Gasteiger partial charge < -0.3 is 9.32 Å². The lowest BCUT2D eigenvalue weighted by Gasteiger charge is -2.31. The minimum atomic E-state index is 0.592. The molecule has 9 aromatic rings. The standard InChI is InChI=1S/C52H41NO/c1-3-16-36(17-4-1)41-22-7-10-29-48(41)53(40-34-32-38(33-35-40)43-26-15-28-47-45-24-9-12-31-50(45)54-52(43)47)49-30-11-8-23-44(49)46-27-14-21-39-20-13-25-42(51(39)46)37-18-5-2-6-19-37/h1,3-4,7-17,20-35,37H,2,5-6,18-19H2. The zero-order valence-corrected chi connectivity index (χ0v) is 30.3. The molecule has 1 aliphatic carbocycles. The second kappa shape index (κ2) is 13.9. The molecular formula is C52H41NO. The molecule has 10 rings (SSSR count). The van der Waals surface area contributed by atoms with Gasteiger partial charge in [0.15, 0.2) is 0 Å². The van der Waals surface area contributed by atoms with E-state index in [1.165, 1.54) is 70.7 Å². The van der Waals surface area contributed by atoms with Crippen LogP contribution in [0.5, 0.6) is 0 Å². The highest BCUT2D eigenvalue weighted by Gasteiger charge is 2.24. The first-order valence-corrected chi connectivity index (χ1v) is 19.4. The van der Waals surface area contributed by atoms with Crippen LogP contribution in [0.3, 0.4) is 0 Å². The largest absolute Gasteiger partial charge is 0.455 e. The molecule has 1 heterocycles. The SMILES string of the molecule is c1ccc(-c2ccccc2N(c2ccc(-c3cccc4c3oc3ccccc34)cc2)c2ccccc2-c2cccc3cccc(C4CCCCC4)c23)cc1.